The Morgan fingerprint density at radius 3 is 2.41 bits per heavy atom. The summed E-state index contributed by atoms with van der Waals surface area (Å²) >= 11 is 0. The van der Waals surface area contributed by atoms with Crippen molar-refractivity contribution in [1.82, 2.24) is 15.0 Å². The maximum atomic E-state index is 6.01. The minimum Gasteiger partial charge on any atom is -0.337 e. The van der Waals surface area contributed by atoms with Crippen LogP contribution in [0.4, 0.5) is 0 Å². The topological polar surface area (TPSA) is 68.2 Å². The third-order valence-corrected chi connectivity index (χ3v) is 5.27. The highest BCUT2D eigenvalue weighted by molar-refractivity contribution is 5.85. The van der Waals surface area contributed by atoms with Crippen molar-refractivity contribution in [2.45, 2.75) is 19.4 Å². The SMILES string of the molecule is CC1(CN)CCN(C(c2ccccc2)c2nc(-c3ccccc3)no2)C1.Cl. The lowest BCUT2D eigenvalue weighted by molar-refractivity contribution is 0.202. The molecule has 2 N–H and O–H groups in total. The number of rotatable bonds is 5. The number of likely N-dealkylation sites (tertiary alicyclic amines) is 1. The standard InChI is InChI=1S/C21H24N4O.ClH/c1-21(14-22)12-13-25(15-21)18(16-8-4-2-5-9-16)20-23-19(24-26-20)17-10-6-3-7-11-17;/h2-11,18H,12-15,22H2,1H3;1H. The summed E-state index contributed by atoms with van der Waals surface area (Å²) in [5.74, 6) is 1.26. The second kappa shape index (κ2) is 8.21. The van der Waals surface area contributed by atoms with Gasteiger partial charge in [0.25, 0.3) is 0 Å². The van der Waals surface area contributed by atoms with Crippen molar-refractivity contribution in [1.29, 1.82) is 0 Å². The molecule has 1 aliphatic rings. The molecule has 2 atom stereocenters. The Morgan fingerprint density at radius 1 is 1.11 bits per heavy atom. The molecular weight excluding hydrogens is 360 g/mol. The van der Waals surface area contributed by atoms with Crippen molar-refractivity contribution in [3.05, 3.63) is 72.1 Å². The highest BCUT2D eigenvalue weighted by atomic mass is 35.5. The average Bonchev–Trinajstić information content (AvgIpc) is 3.32. The van der Waals surface area contributed by atoms with Crippen LogP contribution in [0.5, 0.6) is 0 Å². The minimum absolute atomic E-state index is 0. The third kappa shape index (κ3) is 4.05. The number of halogens is 1. The molecule has 0 aliphatic carbocycles. The Bertz CT molecular complexity index is 855. The number of nitrogens with zero attached hydrogens (tertiary/aromatic N) is 3. The van der Waals surface area contributed by atoms with Gasteiger partial charge in [-0.3, -0.25) is 4.90 Å². The van der Waals surface area contributed by atoms with Gasteiger partial charge in [-0.25, -0.2) is 0 Å². The van der Waals surface area contributed by atoms with Crippen LogP contribution in [-0.4, -0.2) is 34.7 Å². The van der Waals surface area contributed by atoms with E-state index in [1.54, 1.807) is 0 Å². The fourth-order valence-electron chi connectivity index (χ4n) is 3.64. The van der Waals surface area contributed by atoms with Crippen LogP contribution in [-0.2, 0) is 0 Å². The molecule has 2 heterocycles. The lowest BCUT2D eigenvalue weighted by Crippen LogP contribution is -2.33. The molecule has 0 saturated carbocycles. The average molecular weight is 385 g/mol. The molecule has 3 aromatic rings. The van der Waals surface area contributed by atoms with Crippen LogP contribution < -0.4 is 5.73 Å². The minimum atomic E-state index is -0.0467. The van der Waals surface area contributed by atoms with Gasteiger partial charge in [0.15, 0.2) is 0 Å². The molecule has 2 aromatic carbocycles. The Balaban J connectivity index is 0.00000210. The van der Waals surface area contributed by atoms with Crippen LogP contribution in [0.1, 0.15) is 30.8 Å². The summed E-state index contributed by atoms with van der Waals surface area (Å²) in [4.78, 5) is 7.13. The zero-order chi connectivity index (χ0) is 18.0. The molecule has 142 valence electrons. The van der Waals surface area contributed by atoms with E-state index in [1.807, 2.05) is 36.4 Å². The Labute approximate surface area is 166 Å². The molecule has 6 heteroatoms. The molecule has 0 amide bonds. The van der Waals surface area contributed by atoms with Crippen LogP contribution in [0.15, 0.2) is 65.2 Å². The number of hydrogen-bond acceptors (Lipinski definition) is 5. The molecule has 0 spiro atoms. The van der Waals surface area contributed by atoms with Gasteiger partial charge in [-0.15, -0.1) is 12.4 Å². The van der Waals surface area contributed by atoms with E-state index in [1.165, 1.54) is 0 Å². The first kappa shape index (κ1) is 19.5. The van der Waals surface area contributed by atoms with Gasteiger partial charge in [0, 0.05) is 12.1 Å². The summed E-state index contributed by atoms with van der Waals surface area (Å²) < 4.78 is 5.72. The largest absolute Gasteiger partial charge is 0.337 e. The summed E-state index contributed by atoms with van der Waals surface area (Å²) in [5, 5.41) is 4.22. The van der Waals surface area contributed by atoms with Crippen LogP contribution in [0, 0.1) is 5.41 Å². The highest BCUT2D eigenvalue weighted by Crippen LogP contribution is 2.37. The molecule has 5 nitrogen and oxygen atoms in total. The van der Waals surface area contributed by atoms with Crippen molar-refractivity contribution in [2.24, 2.45) is 11.1 Å². The fraction of sp³-hybridized carbons (Fsp3) is 0.333. The molecule has 2 unspecified atom stereocenters. The Morgan fingerprint density at radius 2 is 1.78 bits per heavy atom. The molecule has 4 rings (SSSR count). The zero-order valence-electron chi connectivity index (χ0n) is 15.4. The molecule has 0 bridgehead atoms. The van der Waals surface area contributed by atoms with Crippen molar-refractivity contribution >= 4 is 12.4 Å². The normalized spacial score (nSPS) is 21.0. The van der Waals surface area contributed by atoms with E-state index in [-0.39, 0.29) is 23.9 Å². The van der Waals surface area contributed by atoms with Gasteiger partial charge in [-0.05, 0) is 30.5 Å². The number of nitrogens with two attached hydrogens (primary N) is 1. The maximum Gasteiger partial charge on any atom is 0.248 e. The fourth-order valence-corrected chi connectivity index (χ4v) is 3.64. The van der Waals surface area contributed by atoms with Crippen LogP contribution in [0.3, 0.4) is 0 Å². The van der Waals surface area contributed by atoms with Crippen molar-refractivity contribution < 1.29 is 4.52 Å². The van der Waals surface area contributed by atoms with Crippen LogP contribution >= 0.6 is 12.4 Å². The summed E-state index contributed by atoms with van der Waals surface area (Å²) in [5.41, 5.74) is 8.27. The quantitative estimate of drug-likeness (QED) is 0.722. The second-order valence-corrected chi connectivity index (χ2v) is 7.37. The first-order chi connectivity index (χ1) is 12.7. The molecule has 1 fully saturated rings. The van der Waals surface area contributed by atoms with E-state index < -0.39 is 0 Å². The zero-order valence-corrected chi connectivity index (χ0v) is 16.2. The molecular formula is C21H25ClN4O. The van der Waals surface area contributed by atoms with E-state index in [0.29, 0.717) is 18.3 Å². The third-order valence-electron chi connectivity index (χ3n) is 5.27. The van der Waals surface area contributed by atoms with Gasteiger partial charge in [-0.1, -0.05) is 72.7 Å². The summed E-state index contributed by atoms with van der Waals surface area (Å²) in [7, 11) is 0. The van der Waals surface area contributed by atoms with E-state index >= 15 is 0 Å². The van der Waals surface area contributed by atoms with E-state index in [0.717, 1.165) is 30.6 Å². The van der Waals surface area contributed by atoms with Crippen molar-refractivity contribution in [2.75, 3.05) is 19.6 Å². The second-order valence-electron chi connectivity index (χ2n) is 7.37. The molecule has 1 saturated heterocycles. The predicted molar refractivity (Wildman–Crippen MR) is 109 cm³/mol. The van der Waals surface area contributed by atoms with Gasteiger partial charge < -0.3 is 10.3 Å². The van der Waals surface area contributed by atoms with Gasteiger partial charge >= 0.3 is 0 Å². The van der Waals surface area contributed by atoms with Crippen LogP contribution in [0.2, 0.25) is 0 Å². The number of benzene rings is 2. The molecule has 0 radical (unpaired) electrons. The Kier molecular flexibility index (Phi) is 5.95. The van der Waals surface area contributed by atoms with E-state index in [4.69, 9.17) is 15.2 Å². The predicted octanol–water partition coefficient (Wildman–Crippen LogP) is 3.92. The Hall–Kier alpha value is -2.21. The van der Waals surface area contributed by atoms with Gasteiger partial charge in [0.2, 0.25) is 11.7 Å². The van der Waals surface area contributed by atoms with Gasteiger partial charge in [0.1, 0.15) is 6.04 Å². The highest BCUT2D eigenvalue weighted by Gasteiger charge is 2.39. The molecule has 1 aliphatic heterocycles. The summed E-state index contributed by atoms with van der Waals surface area (Å²) in [6.07, 6.45) is 1.08. The smallest absolute Gasteiger partial charge is 0.248 e. The summed E-state index contributed by atoms with van der Waals surface area (Å²) in [6.45, 7) is 4.82. The van der Waals surface area contributed by atoms with Gasteiger partial charge in [-0.2, -0.15) is 4.98 Å². The van der Waals surface area contributed by atoms with E-state index in [9.17, 15) is 0 Å². The number of hydrogen-bond donors (Lipinski definition) is 1. The first-order valence-electron chi connectivity index (χ1n) is 9.07. The van der Waals surface area contributed by atoms with Gasteiger partial charge in [0.05, 0.1) is 0 Å². The molecule has 27 heavy (non-hydrogen) atoms. The lowest BCUT2D eigenvalue weighted by Gasteiger charge is -2.27. The van der Waals surface area contributed by atoms with Crippen molar-refractivity contribution in [3.63, 3.8) is 0 Å². The lowest BCUT2D eigenvalue weighted by atomic mass is 9.90. The van der Waals surface area contributed by atoms with E-state index in [2.05, 4.69) is 41.2 Å². The van der Waals surface area contributed by atoms with Crippen LogP contribution in [0.25, 0.3) is 11.4 Å². The monoisotopic (exact) mass is 384 g/mol. The molecule has 1 aromatic heterocycles. The first-order valence-corrected chi connectivity index (χ1v) is 9.07. The summed E-state index contributed by atoms with van der Waals surface area (Å²) in [6, 6.07) is 20.2. The van der Waals surface area contributed by atoms with Crippen molar-refractivity contribution in [3.8, 4) is 11.4 Å². The number of aromatic nitrogens is 2. The maximum absolute atomic E-state index is 6.01.